The second-order valence-corrected chi connectivity index (χ2v) is 6.36. The zero-order valence-electron chi connectivity index (χ0n) is 13.5. The third kappa shape index (κ3) is 4.69. The summed E-state index contributed by atoms with van der Waals surface area (Å²) in [6.45, 7) is 2.44. The van der Waals surface area contributed by atoms with Crippen LogP contribution in [0, 0.1) is 0 Å². The van der Waals surface area contributed by atoms with Gasteiger partial charge in [-0.05, 0) is 48.6 Å². The number of hydrogen-bond donors (Lipinski definition) is 2. The number of halogens is 1. The zero-order chi connectivity index (χ0) is 17.6. The average molecular weight is 376 g/mol. The number of ether oxygens (including phenoxy) is 1. The van der Waals surface area contributed by atoms with Crippen molar-refractivity contribution in [2.45, 2.75) is 0 Å². The molecule has 2 aromatic rings. The molecule has 1 saturated heterocycles. The summed E-state index contributed by atoms with van der Waals surface area (Å²) in [6.07, 6.45) is 0. The molecule has 0 aromatic heterocycles. The lowest BCUT2D eigenvalue weighted by Gasteiger charge is -2.26. The van der Waals surface area contributed by atoms with Crippen LogP contribution in [0.25, 0.3) is 0 Å². The van der Waals surface area contributed by atoms with Gasteiger partial charge < -0.3 is 20.3 Å². The number of carbonyl (C=O) groups excluding carboxylic acids is 1. The Morgan fingerprint density at radius 2 is 1.72 bits per heavy atom. The summed E-state index contributed by atoms with van der Waals surface area (Å²) in [5.74, 6) is 0.0200. The molecule has 1 aliphatic rings. The molecule has 1 fully saturated rings. The predicted molar refractivity (Wildman–Crippen MR) is 104 cm³/mol. The molecular formula is C18H18ClN3O2S. The molecule has 1 amide bonds. The van der Waals surface area contributed by atoms with Crippen molar-refractivity contribution in [1.29, 1.82) is 0 Å². The standard InChI is InChI=1S/C18H18ClN3O2S/c19-15-3-1-2-4-16(15)21-18(25)20-14-7-5-13(6-8-14)17(23)22-9-11-24-12-10-22/h1-8H,9-12H2,(H2,20,21,25). The highest BCUT2D eigenvalue weighted by molar-refractivity contribution is 7.80. The first kappa shape index (κ1) is 17.7. The SMILES string of the molecule is O=C(c1ccc(NC(=S)Nc2ccccc2Cl)cc1)N1CCOCC1. The normalized spacial score (nSPS) is 14.0. The van der Waals surface area contributed by atoms with Crippen LogP contribution < -0.4 is 10.6 Å². The molecule has 2 N–H and O–H groups in total. The third-order valence-electron chi connectivity index (χ3n) is 3.81. The number of thiocarbonyl (C=S) groups is 1. The van der Waals surface area contributed by atoms with Gasteiger partial charge in [-0.25, -0.2) is 0 Å². The van der Waals surface area contributed by atoms with Gasteiger partial charge in [-0.3, -0.25) is 4.79 Å². The number of benzene rings is 2. The monoisotopic (exact) mass is 375 g/mol. The number of amides is 1. The molecule has 2 aromatic carbocycles. The van der Waals surface area contributed by atoms with Gasteiger partial charge in [0.25, 0.3) is 5.91 Å². The summed E-state index contributed by atoms with van der Waals surface area (Å²) in [5, 5.41) is 7.15. The minimum Gasteiger partial charge on any atom is -0.378 e. The number of nitrogens with one attached hydrogen (secondary N) is 2. The highest BCUT2D eigenvalue weighted by Gasteiger charge is 2.18. The molecule has 3 rings (SSSR count). The van der Waals surface area contributed by atoms with Gasteiger partial charge in [0.1, 0.15) is 0 Å². The largest absolute Gasteiger partial charge is 0.378 e. The van der Waals surface area contributed by atoms with Gasteiger partial charge in [0, 0.05) is 24.3 Å². The minimum atomic E-state index is 0.0200. The van der Waals surface area contributed by atoms with Crippen LogP contribution in [0.3, 0.4) is 0 Å². The second-order valence-electron chi connectivity index (χ2n) is 5.54. The van der Waals surface area contributed by atoms with Crippen molar-refractivity contribution in [3.8, 4) is 0 Å². The first-order valence-electron chi connectivity index (χ1n) is 7.93. The van der Waals surface area contributed by atoms with Crippen LogP contribution in [0.1, 0.15) is 10.4 Å². The van der Waals surface area contributed by atoms with E-state index in [1.165, 1.54) is 0 Å². The van der Waals surface area contributed by atoms with Gasteiger partial charge in [0.05, 0.1) is 23.9 Å². The molecule has 25 heavy (non-hydrogen) atoms. The van der Waals surface area contributed by atoms with Crippen LogP contribution in [-0.4, -0.2) is 42.2 Å². The van der Waals surface area contributed by atoms with Crippen LogP contribution in [0.5, 0.6) is 0 Å². The summed E-state index contributed by atoms with van der Waals surface area (Å²) in [6, 6.07) is 14.6. The first-order valence-corrected chi connectivity index (χ1v) is 8.72. The molecule has 7 heteroatoms. The molecule has 0 bridgehead atoms. The van der Waals surface area contributed by atoms with Gasteiger partial charge in [-0.2, -0.15) is 0 Å². The van der Waals surface area contributed by atoms with E-state index in [4.69, 9.17) is 28.6 Å². The Hall–Kier alpha value is -2.15. The van der Waals surface area contributed by atoms with Gasteiger partial charge in [0.2, 0.25) is 0 Å². The lowest BCUT2D eigenvalue weighted by Crippen LogP contribution is -2.40. The highest BCUT2D eigenvalue weighted by Crippen LogP contribution is 2.21. The number of nitrogens with zero attached hydrogens (tertiary/aromatic N) is 1. The maximum absolute atomic E-state index is 12.4. The fourth-order valence-corrected chi connectivity index (χ4v) is 2.90. The average Bonchev–Trinajstić information content (AvgIpc) is 2.64. The van der Waals surface area contributed by atoms with Crippen molar-refractivity contribution in [1.82, 2.24) is 4.90 Å². The van der Waals surface area contributed by atoms with Crippen molar-refractivity contribution in [2.24, 2.45) is 0 Å². The van der Waals surface area contributed by atoms with Crippen molar-refractivity contribution >= 4 is 46.2 Å². The molecule has 1 aliphatic heterocycles. The van der Waals surface area contributed by atoms with Crippen LogP contribution in [0.15, 0.2) is 48.5 Å². The lowest BCUT2D eigenvalue weighted by atomic mass is 10.1. The topological polar surface area (TPSA) is 53.6 Å². The van der Waals surface area contributed by atoms with Crippen LogP contribution >= 0.6 is 23.8 Å². The summed E-state index contributed by atoms with van der Waals surface area (Å²) >= 11 is 11.4. The fraction of sp³-hybridized carbons (Fsp3) is 0.222. The minimum absolute atomic E-state index is 0.0200. The van der Waals surface area contributed by atoms with E-state index in [2.05, 4.69) is 10.6 Å². The van der Waals surface area contributed by atoms with E-state index < -0.39 is 0 Å². The quantitative estimate of drug-likeness (QED) is 0.802. The Morgan fingerprint density at radius 1 is 1.04 bits per heavy atom. The van der Waals surface area contributed by atoms with E-state index in [-0.39, 0.29) is 5.91 Å². The van der Waals surface area contributed by atoms with Crippen molar-refractivity contribution in [3.63, 3.8) is 0 Å². The Kier molecular flexibility index (Phi) is 5.86. The molecule has 0 aliphatic carbocycles. The summed E-state index contributed by atoms with van der Waals surface area (Å²) in [5.41, 5.74) is 2.18. The van der Waals surface area contributed by atoms with Gasteiger partial charge in [-0.1, -0.05) is 23.7 Å². The van der Waals surface area contributed by atoms with E-state index in [1.807, 2.05) is 30.3 Å². The smallest absolute Gasteiger partial charge is 0.254 e. The fourth-order valence-electron chi connectivity index (χ4n) is 2.49. The Labute approximate surface area is 156 Å². The Morgan fingerprint density at radius 3 is 2.40 bits per heavy atom. The number of para-hydroxylation sites is 1. The van der Waals surface area contributed by atoms with E-state index >= 15 is 0 Å². The number of hydrogen-bond acceptors (Lipinski definition) is 3. The second kappa shape index (κ2) is 8.29. The maximum atomic E-state index is 12.4. The number of morpholine rings is 1. The molecule has 0 saturated carbocycles. The highest BCUT2D eigenvalue weighted by atomic mass is 35.5. The summed E-state index contributed by atoms with van der Waals surface area (Å²) in [7, 11) is 0. The van der Waals surface area contributed by atoms with Crippen molar-refractivity contribution in [2.75, 3.05) is 36.9 Å². The van der Waals surface area contributed by atoms with E-state index in [0.717, 1.165) is 11.4 Å². The van der Waals surface area contributed by atoms with Crippen molar-refractivity contribution in [3.05, 3.63) is 59.1 Å². The number of anilines is 2. The molecule has 0 radical (unpaired) electrons. The zero-order valence-corrected chi connectivity index (χ0v) is 15.1. The Bertz CT molecular complexity index is 761. The molecule has 0 spiro atoms. The molecule has 1 heterocycles. The van der Waals surface area contributed by atoms with Crippen LogP contribution in [0.2, 0.25) is 5.02 Å². The van der Waals surface area contributed by atoms with E-state index in [0.29, 0.717) is 42.0 Å². The molecular weight excluding hydrogens is 358 g/mol. The van der Waals surface area contributed by atoms with Crippen molar-refractivity contribution < 1.29 is 9.53 Å². The summed E-state index contributed by atoms with van der Waals surface area (Å²) < 4.78 is 5.27. The Balaban J connectivity index is 1.59. The molecule has 0 unspecified atom stereocenters. The molecule has 5 nitrogen and oxygen atoms in total. The predicted octanol–water partition coefficient (Wildman–Crippen LogP) is 3.62. The van der Waals surface area contributed by atoms with E-state index in [9.17, 15) is 4.79 Å². The first-order chi connectivity index (χ1) is 12.1. The lowest BCUT2D eigenvalue weighted by molar-refractivity contribution is 0.0303. The maximum Gasteiger partial charge on any atom is 0.254 e. The van der Waals surface area contributed by atoms with Gasteiger partial charge in [0.15, 0.2) is 5.11 Å². The number of rotatable bonds is 3. The van der Waals surface area contributed by atoms with Crippen LogP contribution in [0.4, 0.5) is 11.4 Å². The van der Waals surface area contributed by atoms with E-state index in [1.54, 1.807) is 23.1 Å². The third-order valence-corrected chi connectivity index (χ3v) is 4.34. The molecule has 130 valence electrons. The molecule has 0 atom stereocenters. The summed E-state index contributed by atoms with van der Waals surface area (Å²) in [4.78, 5) is 14.2. The van der Waals surface area contributed by atoms with Gasteiger partial charge in [-0.15, -0.1) is 0 Å². The van der Waals surface area contributed by atoms with Crippen LogP contribution in [-0.2, 0) is 4.74 Å². The number of carbonyl (C=O) groups is 1. The van der Waals surface area contributed by atoms with Gasteiger partial charge >= 0.3 is 0 Å².